The summed E-state index contributed by atoms with van der Waals surface area (Å²) in [6, 6.07) is 4.55. The number of ether oxygens (including phenoxy) is 2. The zero-order valence-electron chi connectivity index (χ0n) is 15.5. The molecular formula is C18H28Cl2FN3O3. The number of rotatable bonds is 4. The van der Waals surface area contributed by atoms with Gasteiger partial charge in [0.1, 0.15) is 11.6 Å². The average Bonchev–Trinajstić information content (AvgIpc) is 2.68. The van der Waals surface area contributed by atoms with Crippen LogP contribution in [0.1, 0.15) is 12.8 Å². The van der Waals surface area contributed by atoms with Gasteiger partial charge in [-0.1, -0.05) is 0 Å². The van der Waals surface area contributed by atoms with E-state index < -0.39 is 5.41 Å². The second kappa shape index (κ2) is 10.3. The van der Waals surface area contributed by atoms with Crippen molar-refractivity contribution in [3.8, 4) is 5.75 Å². The molecule has 154 valence electrons. The van der Waals surface area contributed by atoms with Gasteiger partial charge >= 0.3 is 0 Å². The summed E-state index contributed by atoms with van der Waals surface area (Å²) in [7, 11) is 1.54. The first kappa shape index (κ1) is 23.8. The van der Waals surface area contributed by atoms with Crippen LogP contribution in [0.3, 0.4) is 0 Å². The van der Waals surface area contributed by atoms with Crippen molar-refractivity contribution in [3.05, 3.63) is 24.0 Å². The quantitative estimate of drug-likeness (QED) is 0.802. The van der Waals surface area contributed by atoms with Crippen LogP contribution in [0.5, 0.6) is 5.75 Å². The molecule has 2 N–H and O–H groups in total. The monoisotopic (exact) mass is 423 g/mol. The van der Waals surface area contributed by atoms with E-state index in [0.717, 1.165) is 5.69 Å². The molecule has 9 heteroatoms. The molecule has 6 nitrogen and oxygen atoms in total. The van der Waals surface area contributed by atoms with E-state index in [9.17, 15) is 9.18 Å². The van der Waals surface area contributed by atoms with Gasteiger partial charge in [0.2, 0.25) is 5.91 Å². The SMILES string of the molecule is COc1cc(F)ccc1N1CCN(C(=O)C2(CN)CCOCC2)CC1.Cl.Cl. The molecule has 2 heterocycles. The van der Waals surface area contributed by atoms with Gasteiger partial charge in [0.05, 0.1) is 18.2 Å². The first-order valence-electron chi connectivity index (χ1n) is 8.75. The van der Waals surface area contributed by atoms with Crippen molar-refractivity contribution in [3.63, 3.8) is 0 Å². The van der Waals surface area contributed by atoms with Gasteiger partial charge in [0.25, 0.3) is 0 Å². The number of carbonyl (C=O) groups is 1. The summed E-state index contributed by atoms with van der Waals surface area (Å²) in [6.45, 7) is 4.17. The van der Waals surface area contributed by atoms with Crippen LogP contribution in [0, 0.1) is 11.2 Å². The summed E-state index contributed by atoms with van der Waals surface area (Å²) in [5, 5.41) is 0. The molecule has 0 aromatic heterocycles. The molecule has 1 aromatic carbocycles. The molecule has 0 radical (unpaired) electrons. The summed E-state index contributed by atoms with van der Waals surface area (Å²) in [6.07, 6.45) is 1.38. The number of anilines is 1. The molecule has 1 aromatic rings. The number of benzene rings is 1. The van der Waals surface area contributed by atoms with E-state index in [2.05, 4.69) is 4.90 Å². The molecule has 0 unspecified atom stereocenters. The van der Waals surface area contributed by atoms with E-state index in [4.69, 9.17) is 15.2 Å². The lowest BCUT2D eigenvalue weighted by molar-refractivity contribution is -0.147. The van der Waals surface area contributed by atoms with Crippen molar-refractivity contribution >= 4 is 36.4 Å². The second-order valence-corrected chi connectivity index (χ2v) is 6.69. The lowest BCUT2D eigenvalue weighted by Gasteiger charge is -2.43. The summed E-state index contributed by atoms with van der Waals surface area (Å²) >= 11 is 0. The van der Waals surface area contributed by atoms with Crippen LogP contribution in [0.4, 0.5) is 10.1 Å². The molecule has 0 atom stereocenters. The van der Waals surface area contributed by atoms with Gasteiger partial charge in [-0.2, -0.15) is 0 Å². The van der Waals surface area contributed by atoms with Crippen LogP contribution in [0.2, 0.25) is 0 Å². The first-order chi connectivity index (χ1) is 12.1. The van der Waals surface area contributed by atoms with Crippen molar-refractivity contribution < 1.29 is 18.7 Å². The molecule has 1 amide bonds. The lowest BCUT2D eigenvalue weighted by atomic mass is 9.78. The van der Waals surface area contributed by atoms with Crippen molar-refractivity contribution in [2.45, 2.75) is 12.8 Å². The Hall–Kier alpha value is -1.28. The maximum Gasteiger partial charge on any atom is 0.230 e. The molecule has 3 rings (SSSR count). The summed E-state index contributed by atoms with van der Waals surface area (Å²) in [5.41, 5.74) is 6.33. The molecule has 2 fully saturated rings. The smallest absolute Gasteiger partial charge is 0.230 e. The van der Waals surface area contributed by atoms with Crippen LogP contribution in [-0.4, -0.2) is 63.9 Å². The number of nitrogens with zero attached hydrogens (tertiary/aromatic N) is 2. The number of hydrogen-bond acceptors (Lipinski definition) is 5. The number of halogens is 3. The fraction of sp³-hybridized carbons (Fsp3) is 0.611. The van der Waals surface area contributed by atoms with Crippen LogP contribution >= 0.6 is 24.8 Å². The summed E-state index contributed by atoms with van der Waals surface area (Å²) in [5.74, 6) is 0.338. The molecule has 2 aliphatic rings. The Kier molecular flexibility index (Phi) is 9.08. The van der Waals surface area contributed by atoms with Crippen molar-refractivity contribution in [2.75, 3.05) is 57.9 Å². The Morgan fingerprint density at radius 3 is 2.41 bits per heavy atom. The maximum atomic E-state index is 13.4. The highest BCUT2D eigenvalue weighted by atomic mass is 35.5. The van der Waals surface area contributed by atoms with Crippen LogP contribution in [0.15, 0.2) is 18.2 Å². The Bertz CT molecular complexity index is 622. The minimum atomic E-state index is -0.478. The highest BCUT2D eigenvalue weighted by Gasteiger charge is 2.42. The normalized spacial score (nSPS) is 18.9. The van der Waals surface area contributed by atoms with E-state index in [0.29, 0.717) is 64.5 Å². The predicted molar refractivity (Wildman–Crippen MR) is 108 cm³/mol. The molecule has 0 spiro atoms. The summed E-state index contributed by atoms with van der Waals surface area (Å²) < 4.78 is 24.1. The van der Waals surface area contributed by atoms with Gasteiger partial charge in [-0.05, 0) is 25.0 Å². The highest BCUT2D eigenvalue weighted by molar-refractivity contribution is 5.85. The molecule has 2 saturated heterocycles. The van der Waals surface area contributed by atoms with E-state index >= 15 is 0 Å². The molecule has 27 heavy (non-hydrogen) atoms. The Morgan fingerprint density at radius 1 is 1.22 bits per heavy atom. The minimum absolute atomic E-state index is 0. The Labute approximate surface area is 172 Å². The van der Waals surface area contributed by atoms with Gasteiger partial charge < -0.3 is 25.0 Å². The van der Waals surface area contributed by atoms with Gasteiger partial charge in [0.15, 0.2) is 0 Å². The van der Waals surface area contributed by atoms with Crippen LogP contribution < -0.4 is 15.4 Å². The molecule has 0 aliphatic carbocycles. The number of carbonyl (C=O) groups excluding carboxylic acids is 1. The zero-order valence-corrected chi connectivity index (χ0v) is 17.1. The molecular weight excluding hydrogens is 396 g/mol. The minimum Gasteiger partial charge on any atom is -0.494 e. The predicted octanol–water partition coefficient (Wildman–Crippen LogP) is 2.08. The van der Waals surface area contributed by atoms with Crippen molar-refractivity contribution in [2.24, 2.45) is 11.1 Å². The molecule has 2 aliphatic heterocycles. The topological polar surface area (TPSA) is 68.0 Å². The van der Waals surface area contributed by atoms with E-state index in [1.54, 1.807) is 6.07 Å². The number of piperazine rings is 1. The Morgan fingerprint density at radius 2 is 1.85 bits per heavy atom. The molecule has 0 saturated carbocycles. The fourth-order valence-corrected chi connectivity index (χ4v) is 3.67. The summed E-state index contributed by atoms with van der Waals surface area (Å²) in [4.78, 5) is 17.0. The van der Waals surface area contributed by atoms with Gasteiger partial charge in [-0.15, -0.1) is 24.8 Å². The highest BCUT2D eigenvalue weighted by Crippen LogP contribution is 2.33. The van der Waals surface area contributed by atoms with Gasteiger partial charge in [-0.25, -0.2) is 4.39 Å². The molecule has 0 bridgehead atoms. The third-order valence-corrected chi connectivity index (χ3v) is 5.34. The number of hydrogen-bond donors (Lipinski definition) is 1. The van der Waals surface area contributed by atoms with Gasteiger partial charge in [-0.3, -0.25) is 4.79 Å². The average molecular weight is 424 g/mol. The van der Waals surface area contributed by atoms with Crippen LogP contribution in [-0.2, 0) is 9.53 Å². The second-order valence-electron chi connectivity index (χ2n) is 6.69. The van der Waals surface area contributed by atoms with Crippen molar-refractivity contribution in [1.82, 2.24) is 4.90 Å². The third kappa shape index (κ3) is 4.96. The van der Waals surface area contributed by atoms with Crippen LogP contribution in [0.25, 0.3) is 0 Å². The number of methoxy groups -OCH3 is 1. The van der Waals surface area contributed by atoms with E-state index in [-0.39, 0.29) is 36.5 Å². The fourth-order valence-electron chi connectivity index (χ4n) is 3.67. The standard InChI is InChI=1S/C18H26FN3O3.2ClH/c1-24-16-12-14(19)2-3-15(16)21-6-8-22(9-7-21)17(23)18(13-20)4-10-25-11-5-18;;/h2-3,12H,4-11,13,20H2,1H3;2*1H. The maximum absolute atomic E-state index is 13.4. The van der Waals surface area contributed by atoms with E-state index in [1.165, 1.54) is 19.2 Å². The third-order valence-electron chi connectivity index (χ3n) is 5.34. The van der Waals surface area contributed by atoms with E-state index in [1.807, 2.05) is 4.90 Å². The number of nitrogens with two attached hydrogens (primary N) is 1. The van der Waals surface area contributed by atoms with Crippen molar-refractivity contribution in [1.29, 1.82) is 0 Å². The number of amides is 1. The zero-order chi connectivity index (χ0) is 17.9. The Balaban J connectivity index is 0.00000182. The largest absolute Gasteiger partial charge is 0.494 e. The lowest BCUT2D eigenvalue weighted by Crippen LogP contribution is -2.56. The first-order valence-corrected chi connectivity index (χ1v) is 8.75. The van der Waals surface area contributed by atoms with Gasteiger partial charge in [0, 0.05) is 52.0 Å².